The molecule has 17 nitrogen and oxygen atoms in total. The second-order valence-corrected chi connectivity index (χ2v) is 29.2. The second kappa shape index (κ2) is 34.5. The van der Waals surface area contributed by atoms with Crippen LogP contribution < -0.4 is 30.1 Å². The highest BCUT2D eigenvalue weighted by molar-refractivity contribution is 7.90. The number of anilines is 1. The van der Waals surface area contributed by atoms with E-state index in [2.05, 4.69) is 88.8 Å². The van der Waals surface area contributed by atoms with Gasteiger partial charge in [0, 0.05) is 93.5 Å². The summed E-state index contributed by atoms with van der Waals surface area (Å²) in [6.45, 7) is 23.1. The van der Waals surface area contributed by atoms with Gasteiger partial charge in [0.15, 0.2) is 5.78 Å². The molecule has 2 aliphatic carbocycles. The van der Waals surface area contributed by atoms with Crippen molar-refractivity contribution < 1.29 is 37.1 Å². The summed E-state index contributed by atoms with van der Waals surface area (Å²) in [5.41, 5.74) is 21.6. The summed E-state index contributed by atoms with van der Waals surface area (Å²) in [6, 6.07) is 44.0. The SMILES string of the molecule is CCNC(=NCCCN(C)C)n1nc(C)c(-c2cccc3c2CC(C(=O)NCc2cccc(C(C)=O)c2)=C3CCCOc2cc(C)c(Cl)c(C)c2)c1C.Cc1ccc(S(=O)(=O)NC(=O)c2ccc(NC(=O)C3=C(CCCOc4cc(C)c(Cl)c(C)c4)c4cccc(-c5cccnc5C)c4C3)cc2)cc1. The predicted octanol–water partition coefficient (Wildman–Crippen LogP) is 16.5. The Morgan fingerprint density at radius 1 is 0.596 bits per heavy atom. The lowest BCUT2D eigenvalue weighted by Crippen LogP contribution is -2.32. The number of aromatic nitrogens is 3. The van der Waals surface area contributed by atoms with Crippen LogP contribution in [0.1, 0.15) is 139 Å². The summed E-state index contributed by atoms with van der Waals surface area (Å²) >= 11 is 12.7. The molecule has 2 aromatic heterocycles. The predicted molar refractivity (Wildman–Crippen MR) is 418 cm³/mol. The molecule has 2 aliphatic rings. The van der Waals surface area contributed by atoms with Gasteiger partial charge in [-0.1, -0.05) is 102 Å². The Morgan fingerprint density at radius 3 is 1.71 bits per heavy atom. The molecule has 9 aromatic rings. The van der Waals surface area contributed by atoms with Gasteiger partial charge in [-0.2, -0.15) is 5.10 Å². The number of aliphatic imine (C=N–C) groups is 1. The average molecular weight is 1460 g/mol. The van der Waals surface area contributed by atoms with Crippen LogP contribution in [0, 0.1) is 55.4 Å². The number of Topliss-reactive ketones (excluding diaryl/α,β-unsaturated/α-hetero) is 1. The number of rotatable bonds is 26. The first-order valence-corrected chi connectivity index (χ1v) is 37.4. The molecule has 0 bridgehead atoms. The number of halogens is 2. The van der Waals surface area contributed by atoms with E-state index in [0.717, 1.165) is 165 Å². The topological polar surface area (TPSA) is 215 Å². The molecule has 104 heavy (non-hydrogen) atoms. The van der Waals surface area contributed by atoms with Gasteiger partial charge in [0.1, 0.15) is 11.5 Å². The molecule has 0 radical (unpaired) electrons. The monoisotopic (exact) mass is 1460 g/mol. The van der Waals surface area contributed by atoms with Crippen molar-refractivity contribution in [1.29, 1.82) is 0 Å². The largest absolute Gasteiger partial charge is 0.494 e. The Kier molecular flexibility index (Phi) is 25.5. The van der Waals surface area contributed by atoms with Gasteiger partial charge >= 0.3 is 0 Å². The van der Waals surface area contributed by atoms with E-state index >= 15 is 0 Å². The lowest BCUT2D eigenvalue weighted by atomic mass is 9.93. The Labute approximate surface area is 621 Å². The van der Waals surface area contributed by atoms with Gasteiger partial charge in [0.05, 0.1) is 29.5 Å². The average Bonchev–Trinajstić information content (AvgIpc) is 1.60. The molecule has 3 amide bonds. The number of nitrogens with one attached hydrogen (secondary N) is 4. The number of sulfonamides is 1. The number of ether oxygens (including phenoxy) is 2. The molecule has 2 heterocycles. The zero-order valence-electron chi connectivity index (χ0n) is 61.3. The van der Waals surface area contributed by atoms with Crippen LogP contribution in [0.5, 0.6) is 11.5 Å². The van der Waals surface area contributed by atoms with Crippen LogP contribution in [0.15, 0.2) is 173 Å². The summed E-state index contributed by atoms with van der Waals surface area (Å²) in [5, 5.41) is 16.0. The van der Waals surface area contributed by atoms with Crippen molar-refractivity contribution >= 4 is 79.5 Å². The molecule has 0 atom stereocenters. The van der Waals surface area contributed by atoms with Crippen LogP contribution in [-0.4, -0.2) is 104 Å². The van der Waals surface area contributed by atoms with Crippen molar-refractivity contribution in [2.24, 2.45) is 4.99 Å². The molecule has 0 saturated heterocycles. The standard InChI is InChI=1S/C43H53ClN6O3.C41H38ClN3O5S/c1-9-45-43(46-19-13-20-49(7)8)50-30(5)40(29(4)48-50)37-17-11-16-35-36(18-12-21-53-34-22-27(2)41(44)28(3)23-34)39(25-38(35)37)42(52)47-26-32-14-10-15-33(24-32)31(6)51;1-25-12-18-32(19-13-25)51(48,49)45-40(46)29-14-16-30(17-15-29)44-41(47)38-24-37-34(33-10-6-20-43-28(33)4)8-5-9-35(37)36(38)11-7-21-50-31-22-26(2)39(42)27(3)23-31/h10-11,14-17,22-24H,9,12-13,18-21,25-26H2,1-8H3,(H,45,46)(H,47,52);5-6,8-10,12-20,22-23H,7,11,21,24H2,1-4H3,(H,44,47)(H,45,46). The van der Waals surface area contributed by atoms with Gasteiger partial charge in [-0.05, 0) is 267 Å². The van der Waals surface area contributed by atoms with Crippen molar-refractivity contribution in [3.05, 3.63) is 257 Å². The molecule has 0 aliphatic heterocycles. The van der Waals surface area contributed by atoms with Crippen molar-refractivity contribution in [2.45, 2.75) is 126 Å². The number of aryl methyl sites for hydroxylation is 7. The van der Waals surface area contributed by atoms with Crippen LogP contribution in [0.4, 0.5) is 5.69 Å². The van der Waals surface area contributed by atoms with Crippen molar-refractivity contribution in [3.8, 4) is 33.8 Å². The molecule has 0 saturated carbocycles. The zero-order valence-corrected chi connectivity index (χ0v) is 63.6. The van der Waals surface area contributed by atoms with E-state index in [1.54, 1.807) is 43.5 Å². The minimum Gasteiger partial charge on any atom is -0.494 e. The lowest BCUT2D eigenvalue weighted by molar-refractivity contribution is -0.117. The first-order chi connectivity index (χ1) is 49.8. The molecule has 20 heteroatoms. The number of allylic oxidation sites excluding steroid dienone is 2. The maximum absolute atomic E-state index is 14.1. The van der Waals surface area contributed by atoms with E-state index in [9.17, 15) is 27.6 Å². The summed E-state index contributed by atoms with van der Waals surface area (Å²) < 4.78 is 41.8. The molecule has 0 unspecified atom stereocenters. The van der Waals surface area contributed by atoms with E-state index in [1.807, 2.05) is 114 Å². The maximum atomic E-state index is 14.1. The number of ketones is 1. The number of hydrogen-bond donors (Lipinski definition) is 4. The Morgan fingerprint density at radius 2 is 1.14 bits per heavy atom. The highest BCUT2D eigenvalue weighted by atomic mass is 35.5. The van der Waals surface area contributed by atoms with Crippen molar-refractivity contribution in [1.82, 2.24) is 35.0 Å². The van der Waals surface area contributed by atoms with Gasteiger partial charge in [-0.15, -0.1) is 0 Å². The van der Waals surface area contributed by atoms with Gasteiger partial charge in [0.2, 0.25) is 11.9 Å². The molecule has 7 aromatic carbocycles. The third-order valence-electron chi connectivity index (χ3n) is 18.7. The molecular weight excluding hydrogens is 1370 g/mol. The summed E-state index contributed by atoms with van der Waals surface area (Å²) in [7, 11) is 0.0927. The molecule has 540 valence electrons. The Hall–Kier alpha value is -9.98. The number of nitrogens with zero attached hydrogens (tertiary/aromatic N) is 5. The quantitative estimate of drug-likeness (QED) is 0.0172. The van der Waals surface area contributed by atoms with Gasteiger partial charge in [-0.3, -0.25) is 29.2 Å². The van der Waals surface area contributed by atoms with Gasteiger partial charge < -0.3 is 30.3 Å². The van der Waals surface area contributed by atoms with Crippen molar-refractivity contribution in [2.75, 3.05) is 52.3 Å². The van der Waals surface area contributed by atoms with Crippen LogP contribution >= 0.6 is 23.2 Å². The molecule has 0 fully saturated rings. The van der Waals surface area contributed by atoms with Crippen LogP contribution in [-0.2, 0) is 39.0 Å². The van der Waals surface area contributed by atoms with Gasteiger partial charge in [0.25, 0.3) is 21.8 Å². The Bertz CT molecular complexity index is 4900. The number of carbonyl (C=O) groups is 4. The fourth-order valence-electron chi connectivity index (χ4n) is 13.4. The van der Waals surface area contributed by atoms with E-state index in [4.69, 9.17) is 42.8 Å². The van der Waals surface area contributed by atoms with Crippen molar-refractivity contribution in [3.63, 3.8) is 0 Å². The summed E-state index contributed by atoms with van der Waals surface area (Å²) in [5.74, 6) is 1.16. The first-order valence-electron chi connectivity index (χ1n) is 35.1. The Balaban J connectivity index is 0.000000223. The number of fused-ring (bicyclic) bond motifs is 2. The van der Waals surface area contributed by atoms with E-state index in [1.165, 1.54) is 24.3 Å². The summed E-state index contributed by atoms with van der Waals surface area (Å²) in [6.07, 6.45) is 6.35. The number of carbonyl (C=O) groups excluding carboxylic acids is 4. The number of benzene rings is 7. The summed E-state index contributed by atoms with van der Waals surface area (Å²) in [4.78, 5) is 64.4. The number of amides is 3. The van der Waals surface area contributed by atoms with Crippen LogP contribution in [0.3, 0.4) is 0 Å². The smallest absolute Gasteiger partial charge is 0.264 e. The minimum absolute atomic E-state index is 0.00412. The van der Waals surface area contributed by atoms with E-state index < -0.39 is 15.9 Å². The second-order valence-electron chi connectivity index (χ2n) is 26.8. The highest BCUT2D eigenvalue weighted by Crippen LogP contribution is 2.44. The van der Waals surface area contributed by atoms with Crippen LogP contribution in [0.2, 0.25) is 10.0 Å². The minimum atomic E-state index is -4.05. The maximum Gasteiger partial charge on any atom is 0.264 e. The molecule has 4 N–H and O–H groups in total. The van der Waals surface area contributed by atoms with E-state index in [-0.39, 0.29) is 28.1 Å². The van der Waals surface area contributed by atoms with E-state index in [0.29, 0.717) is 75.2 Å². The fourth-order valence-corrected chi connectivity index (χ4v) is 14.5. The third kappa shape index (κ3) is 18.5. The molecule has 11 rings (SSSR count). The first kappa shape index (κ1) is 76.7. The molecule has 0 spiro atoms. The zero-order chi connectivity index (χ0) is 74.5. The van der Waals surface area contributed by atoms with Gasteiger partial charge in [-0.25, -0.2) is 17.8 Å². The highest BCUT2D eigenvalue weighted by Gasteiger charge is 2.32. The normalized spacial score (nSPS) is 12.6. The fraction of sp³-hybridized carbons (Fsp3) is 0.298. The lowest BCUT2D eigenvalue weighted by Gasteiger charge is -2.14. The molecular formula is C84H91Cl2N9O8S. The number of pyridine rings is 1. The third-order valence-corrected chi connectivity index (χ3v) is 21.2. The number of hydrogen-bond acceptors (Lipinski definition) is 12. The van der Waals surface area contributed by atoms with Crippen LogP contribution in [0.25, 0.3) is 33.4 Å².